The van der Waals surface area contributed by atoms with Gasteiger partial charge in [0.1, 0.15) is 0 Å². The molecule has 1 atom stereocenters. The maximum absolute atomic E-state index is 4.74. The molecule has 3 rings (SSSR count). The van der Waals surface area contributed by atoms with Crippen molar-refractivity contribution in [2.75, 3.05) is 7.05 Å². The molecule has 2 aromatic rings. The summed E-state index contributed by atoms with van der Waals surface area (Å²) in [6.07, 6.45) is 5.38. The molecular weight excluding hydrogens is 433 g/mol. The molecule has 24 heavy (non-hydrogen) atoms. The van der Waals surface area contributed by atoms with Crippen molar-refractivity contribution in [1.82, 2.24) is 20.4 Å². The third kappa shape index (κ3) is 4.72. The Labute approximate surface area is 165 Å². The maximum Gasteiger partial charge on any atom is 0.191 e. The van der Waals surface area contributed by atoms with E-state index in [1.165, 1.54) is 16.1 Å². The molecule has 1 aliphatic carbocycles. The second kappa shape index (κ2) is 8.84. The molecule has 0 saturated heterocycles. The Morgan fingerprint density at radius 1 is 1.50 bits per heavy atom. The molecule has 0 spiro atoms. The molecule has 0 aliphatic heterocycles. The molecule has 2 aromatic heterocycles. The van der Waals surface area contributed by atoms with Crippen LogP contribution in [0.4, 0.5) is 0 Å². The molecular formula is C17H26IN5S. The number of aromatic nitrogens is 2. The van der Waals surface area contributed by atoms with Gasteiger partial charge in [-0.15, -0.1) is 35.3 Å². The Balaban J connectivity index is 0.00000208. The average molecular weight is 459 g/mol. The van der Waals surface area contributed by atoms with E-state index in [-0.39, 0.29) is 24.0 Å². The van der Waals surface area contributed by atoms with Gasteiger partial charge in [0.05, 0.1) is 12.2 Å². The molecule has 1 unspecified atom stereocenters. The third-order valence-electron chi connectivity index (χ3n) is 4.20. The first-order valence-electron chi connectivity index (χ1n) is 8.22. The second-order valence-electron chi connectivity index (χ2n) is 6.26. The summed E-state index contributed by atoms with van der Waals surface area (Å²) in [5.41, 5.74) is 2.63. The van der Waals surface area contributed by atoms with Crippen molar-refractivity contribution >= 4 is 41.3 Å². The van der Waals surface area contributed by atoms with Crippen LogP contribution < -0.4 is 10.6 Å². The molecule has 7 heteroatoms. The van der Waals surface area contributed by atoms with Gasteiger partial charge in [0, 0.05) is 36.6 Å². The quantitative estimate of drug-likeness (QED) is 0.419. The summed E-state index contributed by atoms with van der Waals surface area (Å²) in [6, 6.07) is 5.03. The molecule has 0 bridgehead atoms. The van der Waals surface area contributed by atoms with Crippen LogP contribution in [0.2, 0.25) is 0 Å². The summed E-state index contributed by atoms with van der Waals surface area (Å²) >= 11 is 1.76. The molecule has 2 N–H and O–H groups in total. The normalized spacial score (nSPS) is 17.3. The molecule has 0 saturated carbocycles. The first-order chi connectivity index (χ1) is 11.2. The van der Waals surface area contributed by atoms with Gasteiger partial charge in [0.25, 0.3) is 0 Å². The van der Waals surface area contributed by atoms with Gasteiger partial charge in [-0.05, 0) is 43.7 Å². The van der Waals surface area contributed by atoms with E-state index in [9.17, 15) is 0 Å². The summed E-state index contributed by atoms with van der Waals surface area (Å²) in [5.74, 6) is 0.871. The Morgan fingerprint density at radius 2 is 2.33 bits per heavy atom. The maximum atomic E-state index is 4.74. The van der Waals surface area contributed by atoms with Gasteiger partial charge >= 0.3 is 0 Å². The number of hydrogen-bond donors (Lipinski definition) is 2. The van der Waals surface area contributed by atoms with E-state index in [2.05, 4.69) is 57.9 Å². The highest BCUT2D eigenvalue weighted by atomic mass is 127. The van der Waals surface area contributed by atoms with Gasteiger partial charge < -0.3 is 10.6 Å². The van der Waals surface area contributed by atoms with E-state index < -0.39 is 0 Å². The fraction of sp³-hybridized carbons (Fsp3) is 0.529. The number of rotatable bonds is 4. The van der Waals surface area contributed by atoms with E-state index in [0.717, 1.165) is 31.8 Å². The number of aliphatic imine (C=N–C) groups is 1. The van der Waals surface area contributed by atoms with Crippen LogP contribution in [-0.2, 0) is 19.4 Å². The average Bonchev–Trinajstić information content (AvgIpc) is 3.20. The molecule has 0 fully saturated rings. The summed E-state index contributed by atoms with van der Waals surface area (Å²) in [5, 5.41) is 13.8. The van der Waals surface area contributed by atoms with Crippen molar-refractivity contribution in [3.05, 3.63) is 39.8 Å². The van der Waals surface area contributed by atoms with Crippen molar-refractivity contribution in [3.63, 3.8) is 0 Å². The lowest BCUT2D eigenvalue weighted by Gasteiger charge is -2.24. The monoisotopic (exact) mass is 459 g/mol. The number of halogens is 1. The molecule has 0 radical (unpaired) electrons. The van der Waals surface area contributed by atoms with Gasteiger partial charge in [-0.1, -0.05) is 6.07 Å². The lowest BCUT2D eigenvalue weighted by atomic mass is 9.94. The number of guanidine groups is 1. The Morgan fingerprint density at radius 3 is 3.00 bits per heavy atom. The zero-order valence-electron chi connectivity index (χ0n) is 14.5. The highest BCUT2D eigenvalue weighted by molar-refractivity contribution is 14.0. The van der Waals surface area contributed by atoms with Gasteiger partial charge in [-0.3, -0.25) is 9.67 Å². The molecule has 2 heterocycles. The molecule has 0 aromatic carbocycles. The van der Waals surface area contributed by atoms with Crippen molar-refractivity contribution < 1.29 is 0 Å². The lowest BCUT2D eigenvalue weighted by molar-refractivity contribution is 0.499. The van der Waals surface area contributed by atoms with Gasteiger partial charge in [-0.25, -0.2) is 0 Å². The summed E-state index contributed by atoms with van der Waals surface area (Å²) in [7, 11) is 1.82. The Kier molecular flexibility index (Phi) is 7.09. The number of thiophene rings is 1. The molecule has 1 aliphatic rings. The predicted octanol–water partition coefficient (Wildman–Crippen LogP) is 3.37. The van der Waals surface area contributed by atoms with Crippen LogP contribution in [0.25, 0.3) is 0 Å². The fourth-order valence-electron chi connectivity index (χ4n) is 2.87. The van der Waals surface area contributed by atoms with Gasteiger partial charge in [-0.2, -0.15) is 5.10 Å². The smallest absolute Gasteiger partial charge is 0.191 e. The second-order valence-corrected chi connectivity index (χ2v) is 7.30. The zero-order valence-corrected chi connectivity index (χ0v) is 17.6. The van der Waals surface area contributed by atoms with Crippen LogP contribution in [-0.4, -0.2) is 28.8 Å². The first-order valence-corrected chi connectivity index (χ1v) is 9.10. The topological polar surface area (TPSA) is 54.2 Å². The number of aryl methyl sites for hydroxylation is 1. The zero-order chi connectivity index (χ0) is 16.2. The Hall–Kier alpha value is -1.09. The van der Waals surface area contributed by atoms with Crippen LogP contribution in [0.5, 0.6) is 0 Å². The van der Waals surface area contributed by atoms with Crippen molar-refractivity contribution in [3.8, 4) is 0 Å². The predicted molar refractivity (Wildman–Crippen MR) is 111 cm³/mol. The standard InChI is InChI=1S/C17H25N5S.HI/c1-12(2)22-11-13-6-7-14(9-16(13)21-22)20-17(18-3)19-10-15-5-4-8-23-15;/h4-5,8,11-12,14H,6-7,9-10H2,1-3H3,(H2,18,19,20);1H. The molecule has 132 valence electrons. The first kappa shape index (κ1) is 19.2. The Bertz CT molecular complexity index is 663. The number of hydrogen-bond acceptors (Lipinski definition) is 3. The van der Waals surface area contributed by atoms with Gasteiger partial charge in [0.2, 0.25) is 0 Å². The van der Waals surface area contributed by atoms with Crippen LogP contribution >= 0.6 is 35.3 Å². The molecule has 5 nitrogen and oxygen atoms in total. The summed E-state index contributed by atoms with van der Waals surface area (Å²) in [4.78, 5) is 5.66. The number of nitrogens with one attached hydrogen (secondary N) is 2. The SMILES string of the molecule is CN=C(NCc1cccs1)NC1CCc2cn(C(C)C)nc2C1.I. The highest BCUT2D eigenvalue weighted by Gasteiger charge is 2.22. The van der Waals surface area contributed by atoms with Crippen LogP contribution in [0.3, 0.4) is 0 Å². The lowest BCUT2D eigenvalue weighted by Crippen LogP contribution is -2.45. The van der Waals surface area contributed by atoms with E-state index in [0.29, 0.717) is 12.1 Å². The largest absolute Gasteiger partial charge is 0.353 e. The minimum atomic E-state index is 0. The molecule has 0 amide bonds. The third-order valence-corrected chi connectivity index (χ3v) is 5.08. The van der Waals surface area contributed by atoms with Crippen LogP contribution in [0, 0.1) is 0 Å². The minimum absolute atomic E-state index is 0. The highest BCUT2D eigenvalue weighted by Crippen LogP contribution is 2.21. The van der Waals surface area contributed by atoms with E-state index >= 15 is 0 Å². The van der Waals surface area contributed by atoms with E-state index in [1.54, 1.807) is 11.3 Å². The fourth-order valence-corrected chi connectivity index (χ4v) is 3.52. The van der Waals surface area contributed by atoms with E-state index in [4.69, 9.17) is 5.10 Å². The van der Waals surface area contributed by atoms with Crippen molar-refractivity contribution in [2.45, 2.75) is 51.7 Å². The number of nitrogens with zero attached hydrogens (tertiary/aromatic N) is 3. The minimum Gasteiger partial charge on any atom is -0.353 e. The van der Waals surface area contributed by atoms with E-state index in [1.807, 2.05) is 7.05 Å². The summed E-state index contributed by atoms with van der Waals surface area (Å²) in [6.45, 7) is 5.16. The summed E-state index contributed by atoms with van der Waals surface area (Å²) < 4.78 is 2.08. The number of fused-ring (bicyclic) bond motifs is 1. The van der Waals surface area contributed by atoms with Crippen molar-refractivity contribution in [2.24, 2.45) is 4.99 Å². The van der Waals surface area contributed by atoms with Crippen LogP contribution in [0.15, 0.2) is 28.7 Å². The van der Waals surface area contributed by atoms with Gasteiger partial charge in [0.15, 0.2) is 5.96 Å². The van der Waals surface area contributed by atoms with Crippen LogP contribution in [0.1, 0.15) is 42.4 Å². The van der Waals surface area contributed by atoms with Crippen molar-refractivity contribution in [1.29, 1.82) is 0 Å².